The SMILES string of the molecule is C=CC(=O)N1C[C@H](C)[C@](F)(C(=O)N(C)[C@H](C(=O)N[C@H]2Cc3cccc(c3)-c3ccc4c(c3)c(c(-c3cccnc3[C@H](C)OC)n4CC)CC(C)(C)COC(=O)[C@@H]3CCCN(N3)C2=O)C(C)C)C1. The number of hydrogen-bond donors (Lipinski definition) is 2. The van der Waals surface area contributed by atoms with Gasteiger partial charge in [-0.25, -0.2) is 9.82 Å². The lowest BCUT2D eigenvalue weighted by Crippen LogP contribution is -2.63. The molecule has 0 radical (unpaired) electrons. The van der Waals surface area contributed by atoms with Crippen molar-refractivity contribution in [3.63, 3.8) is 0 Å². The Hall–Kier alpha value is -5.93. The van der Waals surface area contributed by atoms with Gasteiger partial charge in [-0.3, -0.25) is 34.0 Å². The number of aryl methyl sites for hydroxylation is 1. The summed E-state index contributed by atoms with van der Waals surface area (Å²) < 4.78 is 30.9. The highest BCUT2D eigenvalue weighted by molar-refractivity contribution is 5.97. The van der Waals surface area contributed by atoms with Crippen LogP contribution in [-0.2, 0) is 52.8 Å². The van der Waals surface area contributed by atoms with Crippen LogP contribution in [0.1, 0.15) is 84.2 Å². The van der Waals surface area contributed by atoms with Crippen molar-refractivity contribution in [3.8, 4) is 22.4 Å². The molecule has 3 aliphatic rings. The third-order valence-electron chi connectivity index (χ3n) is 13.8. The summed E-state index contributed by atoms with van der Waals surface area (Å²) in [6.07, 6.45) is 4.16. The number of halogens is 1. The summed E-state index contributed by atoms with van der Waals surface area (Å²) in [5.41, 5.74) is 7.70. The third-order valence-corrected chi connectivity index (χ3v) is 13.8. The maximum atomic E-state index is 16.7. The molecule has 6 bridgehead atoms. The van der Waals surface area contributed by atoms with E-state index in [0.717, 1.165) is 61.1 Å². The van der Waals surface area contributed by atoms with Crippen LogP contribution < -0.4 is 10.7 Å². The van der Waals surface area contributed by atoms with Gasteiger partial charge in [0.1, 0.15) is 18.1 Å². The van der Waals surface area contributed by atoms with Crippen LogP contribution in [0.5, 0.6) is 0 Å². The Kier molecular flexibility index (Phi) is 14.4. The molecule has 4 amide bonds. The van der Waals surface area contributed by atoms with Gasteiger partial charge >= 0.3 is 5.97 Å². The summed E-state index contributed by atoms with van der Waals surface area (Å²) >= 11 is 0. The Morgan fingerprint density at radius 3 is 2.55 bits per heavy atom. The van der Waals surface area contributed by atoms with Gasteiger partial charge in [0, 0.05) is 74.2 Å². The molecule has 0 saturated carbocycles. The first-order valence-electron chi connectivity index (χ1n) is 23.5. The van der Waals surface area contributed by atoms with E-state index in [1.807, 2.05) is 37.3 Å². The largest absolute Gasteiger partial charge is 0.464 e. The summed E-state index contributed by atoms with van der Waals surface area (Å²) in [4.78, 5) is 76.8. The zero-order valence-electron chi connectivity index (χ0n) is 40.4. The van der Waals surface area contributed by atoms with Crippen LogP contribution in [0.25, 0.3) is 33.3 Å². The van der Waals surface area contributed by atoms with Crippen molar-refractivity contribution in [3.05, 3.63) is 90.3 Å². The number of aromatic nitrogens is 2. The molecule has 0 unspecified atom stereocenters. The number of hydrazine groups is 1. The summed E-state index contributed by atoms with van der Waals surface area (Å²) in [6.45, 7) is 17.5. The number of hydrogen-bond acceptors (Lipinski definition) is 9. The number of alkyl halides is 1. The van der Waals surface area contributed by atoms with Crippen molar-refractivity contribution >= 4 is 40.5 Å². The van der Waals surface area contributed by atoms with Crippen molar-refractivity contribution in [2.75, 3.05) is 40.4 Å². The molecule has 67 heavy (non-hydrogen) atoms. The van der Waals surface area contributed by atoms with Gasteiger partial charge in [-0.1, -0.05) is 71.5 Å². The normalized spacial score (nSPS) is 23.1. The van der Waals surface area contributed by atoms with Crippen molar-refractivity contribution in [1.29, 1.82) is 0 Å². The number of carbonyl (C=O) groups is 5. The number of pyridine rings is 1. The van der Waals surface area contributed by atoms with E-state index in [-0.39, 0.29) is 32.2 Å². The van der Waals surface area contributed by atoms with Gasteiger partial charge in [0.15, 0.2) is 0 Å². The molecule has 0 spiro atoms. The molecule has 2 N–H and O–H groups in total. The maximum Gasteiger partial charge on any atom is 0.324 e. The molecule has 2 aromatic heterocycles. The number of benzene rings is 2. The van der Waals surface area contributed by atoms with Gasteiger partial charge in [0.2, 0.25) is 17.5 Å². The molecule has 0 aliphatic carbocycles. The quantitative estimate of drug-likeness (QED) is 0.132. The van der Waals surface area contributed by atoms with Crippen LogP contribution in [0.4, 0.5) is 4.39 Å². The highest BCUT2D eigenvalue weighted by Gasteiger charge is 2.54. The number of likely N-dealkylation sites (N-methyl/N-ethyl adjacent to an activating group) is 1. The number of esters is 1. The fourth-order valence-electron chi connectivity index (χ4n) is 10.1. The minimum Gasteiger partial charge on any atom is -0.464 e. The number of carbonyl (C=O) groups excluding carboxylic acids is 5. The number of likely N-dealkylation sites (tertiary alicyclic amines) is 1. The molecule has 358 valence electrons. The highest BCUT2D eigenvalue weighted by Crippen LogP contribution is 2.42. The molecular weight excluding hydrogens is 854 g/mol. The van der Waals surface area contributed by atoms with Gasteiger partial charge in [-0.15, -0.1) is 0 Å². The standard InChI is InChI=1S/C52H66FN7O7/c1-11-43(61)58-28-32(5)52(53,29-58)50(65)57(9)45(31(3)4)47(62)55-41-25-34-16-13-17-35(24-34)36-20-21-42-38(26-36)39(46(59(42)12-2)37-18-14-22-54-44(37)33(6)66-10)27-51(7,8)30-67-49(64)40-19-15-23-60(56-40)48(41)63/h11,13-14,16-18,20-22,24,26,31-33,40-41,45,56H,1,12,15,19,23,25,27-30H2,2-10H3,(H,55,62)/t32-,33-,40-,41-,45-,52-/m0/s1. The zero-order chi connectivity index (χ0) is 48.5. The molecule has 5 heterocycles. The van der Waals surface area contributed by atoms with E-state index in [2.05, 4.69) is 66.9 Å². The molecule has 2 fully saturated rings. The monoisotopic (exact) mass is 920 g/mol. The van der Waals surface area contributed by atoms with Crippen molar-refractivity contribution in [1.82, 2.24) is 35.1 Å². The molecule has 6 atom stereocenters. The van der Waals surface area contributed by atoms with E-state index in [1.165, 1.54) is 17.0 Å². The summed E-state index contributed by atoms with van der Waals surface area (Å²) in [5.74, 6) is -4.35. The highest BCUT2D eigenvalue weighted by atomic mass is 19.1. The second kappa shape index (κ2) is 19.7. The van der Waals surface area contributed by atoms with Gasteiger partial charge in [-0.2, -0.15) is 0 Å². The fourth-order valence-corrected chi connectivity index (χ4v) is 10.1. The molecule has 2 saturated heterocycles. The fraction of sp³-hybridized carbons (Fsp3) is 0.500. The predicted molar refractivity (Wildman–Crippen MR) is 255 cm³/mol. The minimum absolute atomic E-state index is 0.0201. The van der Waals surface area contributed by atoms with E-state index in [1.54, 1.807) is 34.1 Å². The second-order valence-corrected chi connectivity index (χ2v) is 19.6. The first-order valence-corrected chi connectivity index (χ1v) is 23.5. The van der Waals surface area contributed by atoms with Crippen LogP contribution in [0.3, 0.4) is 0 Å². The van der Waals surface area contributed by atoms with Crippen LogP contribution in [0.15, 0.2) is 73.4 Å². The molecule has 2 aromatic carbocycles. The predicted octanol–water partition coefficient (Wildman–Crippen LogP) is 6.60. The smallest absolute Gasteiger partial charge is 0.324 e. The molecular formula is C52H66FN7O7. The Labute approximate surface area is 393 Å². The zero-order valence-corrected chi connectivity index (χ0v) is 40.4. The lowest BCUT2D eigenvalue weighted by Gasteiger charge is -2.37. The van der Waals surface area contributed by atoms with Crippen LogP contribution in [0, 0.1) is 17.3 Å². The number of nitrogens with zero attached hydrogens (tertiary/aromatic N) is 5. The number of methoxy groups -OCH3 is 1. The first-order chi connectivity index (χ1) is 31.8. The van der Waals surface area contributed by atoms with E-state index in [0.29, 0.717) is 25.8 Å². The Morgan fingerprint density at radius 1 is 1.10 bits per heavy atom. The number of fused-ring (bicyclic) bond motifs is 6. The van der Waals surface area contributed by atoms with Crippen LogP contribution in [0.2, 0.25) is 0 Å². The Morgan fingerprint density at radius 2 is 1.85 bits per heavy atom. The van der Waals surface area contributed by atoms with Crippen molar-refractivity contribution in [2.45, 2.75) is 111 Å². The summed E-state index contributed by atoms with van der Waals surface area (Å²) in [7, 11) is 3.06. The molecule has 15 heteroatoms. The first kappa shape index (κ1) is 49.0. The number of ether oxygens (including phenoxy) is 2. The topological polar surface area (TPSA) is 155 Å². The molecule has 3 aliphatic heterocycles. The number of cyclic esters (lactones) is 1. The Bertz CT molecular complexity index is 2560. The van der Waals surface area contributed by atoms with Gasteiger partial charge in [0.25, 0.3) is 11.8 Å². The van der Waals surface area contributed by atoms with Gasteiger partial charge in [-0.05, 0) is 91.6 Å². The second-order valence-electron chi connectivity index (χ2n) is 19.6. The average molecular weight is 920 g/mol. The van der Waals surface area contributed by atoms with Crippen LogP contribution in [-0.4, -0.2) is 118 Å². The van der Waals surface area contributed by atoms with E-state index in [4.69, 9.17) is 14.5 Å². The summed E-state index contributed by atoms with van der Waals surface area (Å²) in [6, 6.07) is 15.1. The van der Waals surface area contributed by atoms with Gasteiger partial charge < -0.3 is 29.2 Å². The lowest BCUT2D eigenvalue weighted by molar-refractivity contribution is -0.155. The van der Waals surface area contributed by atoms with Crippen LogP contribution >= 0.6 is 0 Å². The minimum atomic E-state index is -2.44. The number of nitrogens with one attached hydrogen (secondary N) is 2. The molecule has 4 aromatic rings. The number of amides is 4. The molecule has 14 nitrogen and oxygen atoms in total. The summed E-state index contributed by atoms with van der Waals surface area (Å²) in [5, 5.41) is 5.39. The number of rotatable bonds is 10. The van der Waals surface area contributed by atoms with Gasteiger partial charge in [0.05, 0.1) is 30.6 Å². The van der Waals surface area contributed by atoms with E-state index < -0.39 is 77.2 Å². The molecule has 7 rings (SSSR count). The maximum absolute atomic E-state index is 16.7. The van der Waals surface area contributed by atoms with E-state index in [9.17, 15) is 24.0 Å². The van der Waals surface area contributed by atoms with Crippen molar-refractivity contribution in [2.24, 2.45) is 17.3 Å². The van der Waals surface area contributed by atoms with Crippen molar-refractivity contribution < 1.29 is 37.8 Å². The van der Waals surface area contributed by atoms with E-state index >= 15 is 4.39 Å². The average Bonchev–Trinajstić information content (AvgIpc) is 3.80. The lowest BCUT2D eigenvalue weighted by atomic mass is 9.84. The third kappa shape index (κ3) is 9.76. The Balaban J connectivity index is 1.30.